The van der Waals surface area contributed by atoms with Crippen LogP contribution in [0.15, 0.2) is 24.3 Å². The van der Waals surface area contributed by atoms with E-state index in [0.29, 0.717) is 24.4 Å². The number of ether oxygens (including phenoxy) is 2. The molecule has 26 heavy (non-hydrogen) atoms. The van der Waals surface area contributed by atoms with Crippen LogP contribution in [-0.2, 0) is 19.1 Å². The van der Waals surface area contributed by atoms with Crippen LogP contribution in [0.1, 0.15) is 29.6 Å². The van der Waals surface area contributed by atoms with E-state index in [1.807, 2.05) is 0 Å². The molecule has 1 aromatic rings. The average molecular weight is 381 g/mol. The van der Waals surface area contributed by atoms with Crippen LogP contribution < -0.4 is 16.0 Å². The highest BCUT2D eigenvalue weighted by atomic mass is 32.1. The third-order valence-electron chi connectivity index (χ3n) is 3.25. The fraction of sp³-hybridized carbons (Fsp3) is 0.412. The zero-order valence-corrected chi connectivity index (χ0v) is 15.6. The molecule has 0 saturated carbocycles. The van der Waals surface area contributed by atoms with Crippen molar-refractivity contribution < 1.29 is 23.9 Å². The highest BCUT2D eigenvalue weighted by Gasteiger charge is 2.09. The standard InChI is InChI=1S/C17H23N3O5S/c1-24-11-3-10-18-16(23)12-4-6-13(7-5-12)19-17(26)20-14(21)8-9-15(22)25-2/h4-7H,3,8-11H2,1-2H3,(H,18,23)(H2,19,20,21,26). The van der Waals surface area contributed by atoms with Crippen LogP contribution in [0, 0.1) is 0 Å². The Labute approximate surface area is 157 Å². The van der Waals surface area contributed by atoms with E-state index in [1.165, 1.54) is 7.11 Å². The van der Waals surface area contributed by atoms with E-state index in [0.717, 1.165) is 6.42 Å². The first-order valence-electron chi connectivity index (χ1n) is 8.01. The quantitative estimate of drug-likeness (QED) is 0.335. The molecular formula is C17H23N3O5S. The zero-order chi connectivity index (χ0) is 19.4. The average Bonchev–Trinajstić information content (AvgIpc) is 2.63. The van der Waals surface area contributed by atoms with Crippen molar-refractivity contribution in [1.82, 2.24) is 10.6 Å². The molecule has 0 aliphatic carbocycles. The number of amides is 2. The second kappa shape index (κ2) is 11.9. The number of benzene rings is 1. The van der Waals surface area contributed by atoms with Gasteiger partial charge in [-0.05, 0) is 42.9 Å². The second-order valence-corrected chi connectivity index (χ2v) is 5.67. The van der Waals surface area contributed by atoms with Gasteiger partial charge in [-0.1, -0.05) is 0 Å². The summed E-state index contributed by atoms with van der Waals surface area (Å²) in [5.74, 6) is -1.03. The molecule has 0 aromatic heterocycles. The Morgan fingerprint density at radius 1 is 1.08 bits per heavy atom. The highest BCUT2D eigenvalue weighted by molar-refractivity contribution is 7.80. The van der Waals surface area contributed by atoms with Gasteiger partial charge in [0, 0.05) is 37.9 Å². The van der Waals surface area contributed by atoms with E-state index in [4.69, 9.17) is 17.0 Å². The lowest BCUT2D eigenvalue weighted by Crippen LogP contribution is -2.34. The molecule has 0 atom stereocenters. The van der Waals surface area contributed by atoms with Crippen molar-refractivity contribution in [3.05, 3.63) is 29.8 Å². The number of anilines is 1. The Kier molecular flexibility index (Phi) is 9.88. The Bertz CT molecular complexity index is 634. The smallest absolute Gasteiger partial charge is 0.306 e. The zero-order valence-electron chi connectivity index (χ0n) is 14.8. The molecule has 3 N–H and O–H groups in total. The first kappa shape index (κ1) is 21.5. The summed E-state index contributed by atoms with van der Waals surface area (Å²) in [5.41, 5.74) is 1.14. The topological polar surface area (TPSA) is 106 Å². The van der Waals surface area contributed by atoms with Crippen molar-refractivity contribution in [2.45, 2.75) is 19.3 Å². The fourth-order valence-corrected chi connectivity index (χ4v) is 2.13. The van der Waals surface area contributed by atoms with Crippen LogP contribution in [0.25, 0.3) is 0 Å². The lowest BCUT2D eigenvalue weighted by Gasteiger charge is -2.10. The number of rotatable bonds is 9. The van der Waals surface area contributed by atoms with Crippen LogP contribution in [0.2, 0.25) is 0 Å². The van der Waals surface area contributed by atoms with Gasteiger partial charge in [0.05, 0.1) is 13.5 Å². The molecule has 0 bridgehead atoms. The monoisotopic (exact) mass is 381 g/mol. The maximum Gasteiger partial charge on any atom is 0.306 e. The first-order valence-corrected chi connectivity index (χ1v) is 8.42. The van der Waals surface area contributed by atoms with Gasteiger partial charge in [0.15, 0.2) is 5.11 Å². The van der Waals surface area contributed by atoms with Crippen LogP contribution >= 0.6 is 12.2 Å². The summed E-state index contributed by atoms with van der Waals surface area (Å²) in [7, 11) is 2.87. The largest absolute Gasteiger partial charge is 0.469 e. The van der Waals surface area contributed by atoms with Gasteiger partial charge in [-0.2, -0.15) is 0 Å². The molecule has 0 heterocycles. The minimum absolute atomic E-state index is 0.0147. The molecule has 0 fully saturated rings. The third kappa shape index (κ3) is 8.54. The summed E-state index contributed by atoms with van der Waals surface area (Å²) in [4.78, 5) is 34.6. The molecule has 1 rings (SSSR count). The number of hydrogen-bond donors (Lipinski definition) is 3. The normalized spacial score (nSPS) is 9.92. The van der Waals surface area contributed by atoms with E-state index in [9.17, 15) is 14.4 Å². The van der Waals surface area contributed by atoms with Crippen LogP contribution in [0.3, 0.4) is 0 Å². The van der Waals surface area contributed by atoms with Gasteiger partial charge < -0.3 is 25.4 Å². The number of nitrogens with one attached hydrogen (secondary N) is 3. The first-order chi connectivity index (χ1) is 12.5. The van der Waals surface area contributed by atoms with Gasteiger partial charge in [0.2, 0.25) is 5.91 Å². The number of methoxy groups -OCH3 is 2. The summed E-state index contributed by atoms with van der Waals surface area (Å²) in [6.45, 7) is 1.13. The van der Waals surface area contributed by atoms with Gasteiger partial charge in [0.25, 0.3) is 5.91 Å². The number of hydrogen-bond acceptors (Lipinski definition) is 6. The van der Waals surface area contributed by atoms with E-state index < -0.39 is 5.97 Å². The molecule has 9 heteroatoms. The molecule has 0 unspecified atom stereocenters. The molecule has 0 aliphatic rings. The van der Waals surface area contributed by atoms with E-state index >= 15 is 0 Å². The van der Waals surface area contributed by atoms with Crippen LogP contribution in [0.4, 0.5) is 5.69 Å². The SMILES string of the molecule is COCCCNC(=O)c1ccc(NC(=S)NC(=O)CCC(=O)OC)cc1. The molecule has 0 saturated heterocycles. The van der Waals surface area contributed by atoms with Crippen LogP contribution in [-0.4, -0.2) is 50.3 Å². The van der Waals surface area contributed by atoms with Crippen molar-refractivity contribution >= 4 is 40.8 Å². The van der Waals surface area contributed by atoms with Crippen LogP contribution in [0.5, 0.6) is 0 Å². The fourth-order valence-electron chi connectivity index (χ4n) is 1.89. The molecule has 8 nitrogen and oxygen atoms in total. The highest BCUT2D eigenvalue weighted by Crippen LogP contribution is 2.09. The Hall–Kier alpha value is -2.52. The summed E-state index contributed by atoms with van der Waals surface area (Å²) in [5, 5.41) is 8.20. The molecule has 142 valence electrons. The Morgan fingerprint density at radius 3 is 2.38 bits per heavy atom. The summed E-state index contributed by atoms with van der Waals surface area (Å²) >= 11 is 5.04. The second-order valence-electron chi connectivity index (χ2n) is 5.26. The number of thiocarbonyl (C=S) groups is 1. The predicted octanol–water partition coefficient (Wildman–Crippen LogP) is 1.22. The van der Waals surface area contributed by atoms with Gasteiger partial charge in [0.1, 0.15) is 0 Å². The third-order valence-corrected chi connectivity index (χ3v) is 3.46. The van der Waals surface area contributed by atoms with Crippen molar-refractivity contribution in [3.8, 4) is 0 Å². The van der Waals surface area contributed by atoms with Crippen molar-refractivity contribution in [2.24, 2.45) is 0 Å². The molecule has 0 radical (unpaired) electrons. The maximum absolute atomic E-state index is 11.9. The Morgan fingerprint density at radius 2 is 1.77 bits per heavy atom. The van der Waals surface area contributed by atoms with E-state index in [2.05, 4.69) is 20.7 Å². The van der Waals surface area contributed by atoms with Gasteiger partial charge in [-0.25, -0.2) is 0 Å². The predicted molar refractivity (Wildman–Crippen MR) is 101 cm³/mol. The van der Waals surface area contributed by atoms with E-state index in [-0.39, 0.29) is 29.8 Å². The lowest BCUT2D eigenvalue weighted by atomic mass is 10.2. The van der Waals surface area contributed by atoms with Crippen molar-refractivity contribution in [1.29, 1.82) is 0 Å². The molecular weight excluding hydrogens is 358 g/mol. The minimum atomic E-state index is -0.463. The molecule has 2 amide bonds. The summed E-state index contributed by atoms with van der Waals surface area (Å²) < 4.78 is 9.38. The molecule has 0 spiro atoms. The van der Waals surface area contributed by atoms with Gasteiger partial charge in [-0.15, -0.1) is 0 Å². The maximum atomic E-state index is 11.9. The number of esters is 1. The summed E-state index contributed by atoms with van der Waals surface area (Å²) in [6.07, 6.45) is 0.710. The van der Waals surface area contributed by atoms with Gasteiger partial charge in [-0.3, -0.25) is 14.4 Å². The number of carbonyl (C=O) groups is 3. The number of carbonyl (C=O) groups excluding carboxylic acids is 3. The van der Waals surface area contributed by atoms with Crippen molar-refractivity contribution in [2.75, 3.05) is 32.7 Å². The van der Waals surface area contributed by atoms with Gasteiger partial charge >= 0.3 is 5.97 Å². The molecule has 0 aliphatic heterocycles. The van der Waals surface area contributed by atoms with E-state index in [1.54, 1.807) is 31.4 Å². The Balaban J connectivity index is 2.41. The minimum Gasteiger partial charge on any atom is -0.469 e. The molecule has 1 aromatic carbocycles. The van der Waals surface area contributed by atoms with Crippen molar-refractivity contribution in [3.63, 3.8) is 0 Å². The summed E-state index contributed by atoms with van der Waals surface area (Å²) in [6, 6.07) is 6.65. The lowest BCUT2D eigenvalue weighted by molar-refractivity contribution is -0.142.